The largest absolute Gasteiger partial charge is 0.310 e. The smallest absolute Gasteiger partial charge is 0.0715 e. The van der Waals surface area contributed by atoms with Crippen LogP contribution in [0.3, 0.4) is 0 Å². The number of thiophene rings is 4. The molecule has 0 N–H and O–H groups in total. The molecule has 2 nitrogen and oxygen atoms in total. The summed E-state index contributed by atoms with van der Waals surface area (Å²) in [7, 11) is 0. The van der Waals surface area contributed by atoms with Crippen LogP contribution < -0.4 is 9.80 Å². The SMILES string of the molecule is Cc1cc(C)c(-c2ccc(N(c3ccc(-c4sc(C)cc4C)cc3)c3ccc4c(c3)C(c3ccccc3)(c3ccccc3)c3cc(N(c5ccc(-c6sc(C)cc6C)cc5)c5ccc(-c6sc(C)cc6C)cc5)ccc3-4)cc2)s1. The van der Waals surface area contributed by atoms with E-state index in [0.717, 1.165) is 34.1 Å². The van der Waals surface area contributed by atoms with E-state index in [1.165, 1.54) is 117 Å². The zero-order valence-corrected chi connectivity index (χ0v) is 49.1. The predicted molar refractivity (Wildman–Crippen MR) is 344 cm³/mol. The van der Waals surface area contributed by atoms with Crippen molar-refractivity contribution in [3.05, 3.63) is 282 Å². The molecular weight excluding hydrogens is 1030 g/mol. The number of anilines is 6. The minimum Gasteiger partial charge on any atom is -0.310 e. The molecule has 386 valence electrons. The molecule has 0 saturated heterocycles. The van der Waals surface area contributed by atoms with Crippen molar-refractivity contribution in [1.29, 1.82) is 0 Å². The Hall–Kier alpha value is -7.84. The number of hydrogen-bond donors (Lipinski definition) is 0. The van der Waals surface area contributed by atoms with Crippen molar-refractivity contribution in [2.24, 2.45) is 0 Å². The van der Waals surface area contributed by atoms with E-state index in [9.17, 15) is 0 Å². The van der Waals surface area contributed by atoms with Gasteiger partial charge in [-0.25, -0.2) is 0 Å². The Balaban J connectivity index is 1.00. The summed E-state index contributed by atoms with van der Waals surface area (Å²) in [6.07, 6.45) is 0. The number of benzene rings is 8. The summed E-state index contributed by atoms with van der Waals surface area (Å²) < 4.78 is 0. The lowest BCUT2D eigenvalue weighted by atomic mass is 9.67. The molecule has 0 aliphatic heterocycles. The van der Waals surface area contributed by atoms with E-state index in [4.69, 9.17) is 0 Å². The van der Waals surface area contributed by atoms with Gasteiger partial charge in [-0.05, 0) is 230 Å². The monoisotopic (exact) mass is 1090 g/mol. The van der Waals surface area contributed by atoms with Crippen LogP contribution in [-0.4, -0.2) is 0 Å². The first-order valence-electron chi connectivity index (χ1n) is 27.1. The van der Waals surface area contributed by atoms with E-state index in [1.54, 1.807) is 0 Å². The van der Waals surface area contributed by atoms with E-state index in [0.29, 0.717) is 0 Å². The van der Waals surface area contributed by atoms with E-state index in [1.807, 2.05) is 45.3 Å². The maximum atomic E-state index is 2.49. The van der Waals surface area contributed by atoms with Crippen molar-refractivity contribution in [3.8, 4) is 52.9 Å². The molecule has 0 saturated carbocycles. The van der Waals surface area contributed by atoms with Crippen molar-refractivity contribution >= 4 is 79.5 Å². The fourth-order valence-electron chi connectivity index (χ4n) is 12.4. The first-order valence-corrected chi connectivity index (χ1v) is 30.4. The molecular formula is C73H60N2S4. The van der Waals surface area contributed by atoms with Gasteiger partial charge in [-0.15, -0.1) is 45.3 Å². The maximum Gasteiger partial charge on any atom is 0.0715 e. The first-order chi connectivity index (χ1) is 38.4. The molecule has 0 radical (unpaired) electrons. The number of nitrogens with zero attached hydrogens (tertiary/aromatic N) is 2. The van der Waals surface area contributed by atoms with Crippen LogP contribution in [0.1, 0.15) is 64.0 Å². The second kappa shape index (κ2) is 20.4. The molecule has 13 rings (SSSR count). The Bertz CT molecular complexity index is 3740. The van der Waals surface area contributed by atoms with Gasteiger partial charge < -0.3 is 9.80 Å². The summed E-state index contributed by atoms with van der Waals surface area (Å²) >= 11 is 7.47. The van der Waals surface area contributed by atoms with Gasteiger partial charge in [-0.1, -0.05) is 121 Å². The number of fused-ring (bicyclic) bond motifs is 3. The van der Waals surface area contributed by atoms with Gasteiger partial charge in [-0.2, -0.15) is 0 Å². The predicted octanol–water partition coefficient (Wildman–Crippen LogP) is 22.4. The molecule has 1 aliphatic rings. The Labute approximate surface area is 481 Å². The summed E-state index contributed by atoms with van der Waals surface area (Å²) in [6.45, 7) is 17.7. The van der Waals surface area contributed by atoms with Crippen LogP contribution in [0, 0.1) is 55.4 Å². The molecule has 12 aromatic rings. The van der Waals surface area contributed by atoms with Gasteiger partial charge in [0.1, 0.15) is 0 Å². The topological polar surface area (TPSA) is 6.48 Å². The molecule has 8 aromatic carbocycles. The van der Waals surface area contributed by atoms with E-state index < -0.39 is 5.41 Å². The summed E-state index contributed by atoms with van der Waals surface area (Å²) in [4.78, 5) is 15.5. The third-order valence-corrected chi connectivity index (χ3v) is 20.6. The molecule has 0 atom stereocenters. The zero-order valence-electron chi connectivity index (χ0n) is 45.8. The first kappa shape index (κ1) is 50.7. The molecule has 4 heterocycles. The third kappa shape index (κ3) is 9.01. The highest BCUT2D eigenvalue weighted by molar-refractivity contribution is 7.16. The van der Waals surface area contributed by atoms with Gasteiger partial charge in [0, 0.05) is 73.1 Å². The van der Waals surface area contributed by atoms with Gasteiger partial charge >= 0.3 is 0 Å². The molecule has 4 aromatic heterocycles. The minimum atomic E-state index is -0.676. The van der Waals surface area contributed by atoms with E-state index in [2.05, 4.69) is 284 Å². The van der Waals surface area contributed by atoms with Gasteiger partial charge in [0.15, 0.2) is 0 Å². The van der Waals surface area contributed by atoms with E-state index >= 15 is 0 Å². The quantitative estimate of drug-likeness (QED) is 0.120. The van der Waals surface area contributed by atoms with Crippen LogP contribution in [0.2, 0.25) is 0 Å². The summed E-state index contributed by atoms with van der Waals surface area (Å²) in [5.74, 6) is 0. The fraction of sp³-hybridized carbons (Fsp3) is 0.123. The highest BCUT2D eigenvalue weighted by Crippen LogP contribution is 2.59. The lowest BCUT2D eigenvalue weighted by Crippen LogP contribution is -2.29. The Morgan fingerprint density at radius 1 is 0.266 bits per heavy atom. The van der Waals surface area contributed by atoms with Crippen LogP contribution in [0.4, 0.5) is 34.1 Å². The van der Waals surface area contributed by atoms with Crippen LogP contribution >= 0.6 is 45.3 Å². The number of hydrogen-bond acceptors (Lipinski definition) is 6. The highest BCUT2D eigenvalue weighted by Gasteiger charge is 2.47. The third-order valence-electron chi connectivity index (χ3n) is 15.7. The Morgan fingerprint density at radius 2 is 0.519 bits per heavy atom. The van der Waals surface area contributed by atoms with Crippen molar-refractivity contribution in [3.63, 3.8) is 0 Å². The van der Waals surface area contributed by atoms with Gasteiger partial charge in [0.25, 0.3) is 0 Å². The molecule has 79 heavy (non-hydrogen) atoms. The van der Waals surface area contributed by atoms with Crippen LogP contribution in [0.25, 0.3) is 52.9 Å². The van der Waals surface area contributed by atoms with E-state index in [-0.39, 0.29) is 0 Å². The summed E-state index contributed by atoms with van der Waals surface area (Å²) in [5.41, 5.74) is 23.6. The molecule has 0 bridgehead atoms. The van der Waals surface area contributed by atoms with Crippen molar-refractivity contribution in [2.75, 3.05) is 9.80 Å². The van der Waals surface area contributed by atoms with Gasteiger partial charge in [-0.3, -0.25) is 0 Å². The standard InChI is InChI=1S/C73H60N2S4/c1-45-39-49(5)76-69(45)53-19-27-59(28-20-53)74(60-29-21-54(22-30-60)70-46(2)40-50(6)77-70)63-35-37-65-66-38-36-64(44-68(66)73(67(65)43-63,57-15-11-9-12-16-57)58-17-13-10-14-18-58)75(61-31-23-55(24-32-61)71-47(3)41-51(7)78-71)62-33-25-56(26-34-62)72-48(4)42-52(8)79-72/h9-44H,1-8H3. The zero-order chi connectivity index (χ0) is 54.1. The van der Waals surface area contributed by atoms with Gasteiger partial charge in [0.2, 0.25) is 0 Å². The molecule has 0 fully saturated rings. The molecule has 0 unspecified atom stereocenters. The van der Waals surface area contributed by atoms with Crippen molar-refractivity contribution < 1.29 is 0 Å². The number of aryl methyl sites for hydroxylation is 8. The van der Waals surface area contributed by atoms with Crippen molar-refractivity contribution in [1.82, 2.24) is 0 Å². The Kier molecular flexibility index (Phi) is 13.1. The Morgan fingerprint density at radius 3 is 0.759 bits per heavy atom. The lowest BCUT2D eigenvalue weighted by molar-refractivity contribution is 0.768. The second-order valence-electron chi connectivity index (χ2n) is 21.3. The number of rotatable bonds is 12. The second-order valence-corrected chi connectivity index (χ2v) is 26.3. The lowest BCUT2D eigenvalue weighted by Gasteiger charge is -2.35. The van der Waals surface area contributed by atoms with Crippen LogP contribution in [-0.2, 0) is 5.41 Å². The van der Waals surface area contributed by atoms with Crippen LogP contribution in [0.15, 0.2) is 218 Å². The summed E-state index contributed by atoms with van der Waals surface area (Å²) in [6, 6.07) is 82.9. The fourth-order valence-corrected chi connectivity index (χ4v) is 16.5. The normalized spacial score (nSPS) is 12.4. The molecule has 0 spiro atoms. The average Bonchev–Trinajstić information content (AvgIpc) is 4.13. The highest BCUT2D eigenvalue weighted by atomic mass is 32.1. The average molecular weight is 1090 g/mol. The summed E-state index contributed by atoms with van der Waals surface area (Å²) in [5, 5.41) is 0. The molecule has 6 heteroatoms. The maximum absolute atomic E-state index is 2.49. The minimum absolute atomic E-state index is 0.676. The van der Waals surface area contributed by atoms with Gasteiger partial charge in [0.05, 0.1) is 5.41 Å². The van der Waals surface area contributed by atoms with Crippen molar-refractivity contribution in [2.45, 2.75) is 60.8 Å². The molecule has 1 aliphatic carbocycles. The van der Waals surface area contributed by atoms with Crippen LogP contribution in [0.5, 0.6) is 0 Å². The molecule has 0 amide bonds.